The Labute approximate surface area is 368 Å². The molecule has 0 spiro atoms. The van der Waals surface area contributed by atoms with Gasteiger partial charge < -0.3 is 14.2 Å². The van der Waals surface area contributed by atoms with Crippen molar-refractivity contribution in [3.63, 3.8) is 0 Å². The van der Waals surface area contributed by atoms with Gasteiger partial charge in [0.05, 0.1) is 0 Å². The van der Waals surface area contributed by atoms with Crippen LogP contribution < -0.4 is 0 Å². The summed E-state index contributed by atoms with van der Waals surface area (Å²) in [6.45, 7) is 9.02. The van der Waals surface area contributed by atoms with E-state index in [9.17, 15) is 14.4 Å². The molecule has 0 aliphatic rings. The molecule has 0 N–H and O–H groups in total. The van der Waals surface area contributed by atoms with Gasteiger partial charge in [-0.3, -0.25) is 14.4 Å². The summed E-state index contributed by atoms with van der Waals surface area (Å²) in [4.78, 5) is 37.9. The second-order valence-corrected chi connectivity index (χ2v) is 18.6. The summed E-state index contributed by atoms with van der Waals surface area (Å²) in [6, 6.07) is 0. The quantitative estimate of drug-likeness (QED) is 0.0345. The molecular formula is C53H102O6. The highest BCUT2D eigenvalue weighted by atomic mass is 16.6. The summed E-state index contributed by atoms with van der Waals surface area (Å²) in [7, 11) is 0. The molecule has 0 radical (unpaired) electrons. The average Bonchev–Trinajstić information content (AvgIpc) is 3.22. The van der Waals surface area contributed by atoms with E-state index in [1.807, 2.05) is 0 Å². The van der Waals surface area contributed by atoms with E-state index in [-0.39, 0.29) is 31.1 Å². The molecule has 0 heterocycles. The van der Waals surface area contributed by atoms with Crippen molar-refractivity contribution in [3.8, 4) is 0 Å². The minimum atomic E-state index is -0.760. The molecule has 0 unspecified atom stereocenters. The molecule has 0 aliphatic heterocycles. The van der Waals surface area contributed by atoms with Crippen LogP contribution in [0.15, 0.2) is 0 Å². The second-order valence-electron chi connectivity index (χ2n) is 18.6. The number of carbonyl (C=O) groups excluding carboxylic acids is 3. The third-order valence-corrected chi connectivity index (χ3v) is 12.0. The topological polar surface area (TPSA) is 78.9 Å². The molecule has 350 valence electrons. The molecule has 6 heteroatoms. The first-order chi connectivity index (χ1) is 28.9. The number of esters is 3. The SMILES string of the molecule is CCCCCCCCCCCCCCCCCCC(=O)OC[C@H](COC(=O)CCCCCCCCCCCCCCCC(C)C)OC(=O)CCCCCCCCCCC. The molecule has 0 saturated heterocycles. The van der Waals surface area contributed by atoms with Crippen molar-refractivity contribution in [1.29, 1.82) is 0 Å². The Hall–Kier alpha value is -1.59. The molecule has 0 aromatic carbocycles. The first-order valence-electron chi connectivity index (χ1n) is 26.4. The lowest BCUT2D eigenvalue weighted by Gasteiger charge is -2.18. The van der Waals surface area contributed by atoms with Gasteiger partial charge in [0.15, 0.2) is 6.10 Å². The highest BCUT2D eigenvalue weighted by molar-refractivity contribution is 5.71. The summed E-state index contributed by atoms with van der Waals surface area (Å²) in [6.07, 6.45) is 49.5. The molecule has 0 amide bonds. The molecular weight excluding hydrogens is 733 g/mol. The maximum atomic E-state index is 12.7. The highest BCUT2D eigenvalue weighted by Gasteiger charge is 2.19. The van der Waals surface area contributed by atoms with Crippen molar-refractivity contribution in [2.45, 2.75) is 303 Å². The molecule has 0 aromatic rings. The lowest BCUT2D eigenvalue weighted by atomic mass is 10.0. The largest absolute Gasteiger partial charge is 0.462 e. The molecule has 0 aromatic heterocycles. The molecule has 0 fully saturated rings. The second kappa shape index (κ2) is 47.5. The number of carbonyl (C=O) groups is 3. The summed E-state index contributed by atoms with van der Waals surface area (Å²) >= 11 is 0. The van der Waals surface area contributed by atoms with Crippen LogP contribution in [0.1, 0.15) is 297 Å². The zero-order chi connectivity index (χ0) is 43.1. The maximum Gasteiger partial charge on any atom is 0.306 e. The number of ether oxygens (including phenoxy) is 3. The monoisotopic (exact) mass is 835 g/mol. The molecule has 0 rings (SSSR count). The van der Waals surface area contributed by atoms with Crippen LogP contribution in [0.3, 0.4) is 0 Å². The van der Waals surface area contributed by atoms with Gasteiger partial charge in [0.25, 0.3) is 0 Å². The Morgan fingerprint density at radius 1 is 0.322 bits per heavy atom. The van der Waals surface area contributed by atoms with Gasteiger partial charge in [-0.15, -0.1) is 0 Å². The van der Waals surface area contributed by atoms with Crippen LogP contribution >= 0.6 is 0 Å². The summed E-state index contributed by atoms with van der Waals surface area (Å²) in [5, 5.41) is 0. The summed E-state index contributed by atoms with van der Waals surface area (Å²) in [5.74, 6) is -0.00569. The fourth-order valence-corrected chi connectivity index (χ4v) is 8.04. The van der Waals surface area contributed by atoms with Crippen molar-refractivity contribution >= 4 is 17.9 Å². The first kappa shape index (κ1) is 57.4. The third-order valence-electron chi connectivity index (χ3n) is 12.0. The van der Waals surface area contributed by atoms with Crippen LogP contribution in [-0.4, -0.2) is 37.2 Å². The summed E-state index contributed by atoms with van der Waals surface area (Å²) in [5.41, 5.74) is 0. The number of hydrogen-bond donors (Lipinski definition) is 0. The van der Waals surface area contributed by atoms with Crippen molar-refractivity contribution in [3.05, 3.63) is 0 Å². The standard InChI is InChI=1S/C53H102O6/c1-5-7-9-11-13-15-16-17-18-19-22-25-29-32-36-40-44-51(54)57-47-50(59-53(56)46-42-38-34-27-14-12-10-8-6-2)48-58-52(55)45-41-37-33-30-26-23-20-21-24-28-31-35-39-43-49(3)4/h49-50H,5-48H2,1-4H3/t50-/m1/s1. The zero-order valence-electron chi connectivity index (χ0n) is 40.2. The van der Waals surface area contributed by atoms with Crippen LogP contribution in [0.4, 0.5) is 0 Å². The zero-order valence-corrected chi connectivity index (χ0v) is 40.2. The van der Waals surface area contributed by atoms with E-state index in [4.69, 9.17) is 14.2 Å². The van der Waals surface area contributed by atoms with Crippen molar-refractivity contribution in [2.75, 3.05) is 13.2 Å². The van der Waals surface area contributed by atoms with Gasteiger partial charge in [0, 0.05) is 19.3 Å². The molecule has 6 nitrogen and oxygen atoms in total. The average molecular weight is 835 g/mol. The van der Waals surface area contributed by atoms with Gasteiger partial charge >= 0.3 is 17.9 Å². The fourth-order valence-electron chi connectivity index (χ4n) is 8.04. The molecule has 59 heavy (non-hydrogen) atoms. The minimum absolute atomic E-state index is 0.0627. The predicted octanol–water partition coefficient (Wildman–Crippen LogP) is 17.1. The van der Waals surface area contributed by atoms with E-state index < -0.39 is 6.10 Å². The molecule has 0 saturated carbocycles. The van der Waals surface area contributed by atoms with Gasteiger partial charge in [0.1, 0.15) is 13.2 Å². The maximum absolute atomic E-state index is 12.7. The fraction of sp³-hybridized carbons (Fsp3) is 0.943. The Kier molecular flexibility index (Phi) is 46.2. The number of unbranched alkanes of at least 4 members (excludes halogenated alkanes) is 35. The number of hydrogen-bond acceptors (Lipinski definition) is 6. The van der Waals surface area contributed by atoms with Crippen LogP contribution in [0, 0.1) is 5.92 Å². The minimum Gasteiger partial charge on any atom is -0.462 e. The van der Waals surface area contributed by atoms with Gasteiger partial charge in [0.2, 0.25) is 0 Å². The van der Waals surface area contributed by atoms with E-state index in [0.717, 1.165) is 63.7 Å². The van der Waals surface area contributed by atoms with E-state index in [2.05, 4.69) is 27.7 Å². The predicted molar refractivity (Wildman–Crippen MR) is 252 cm³/mol. The van der Waals surface area contributed by atoms with Gasteiger partial charge in [-0.05, 0) is 25.2 Å². The van der Waals surface area contributed by atoms with Crippen LogP contribution in [-0.2, 0) is 28.6 Å². The summed E-state index contributed by atoms with van der Waals surface area (Å²) < 4.78 is 16.8. The Balaban J connectivity index is 4.22. The Morgan fingerprint density at radius 3 is 0.831 bits per heavy atom. The first-order valence-corrected chi connectivity index (χ1v) is 26.4. The van der Waals surface area contributed by atoms with Crippen molar-refractivity contribution < 1.29 is 28.6 Å². The third kappa shape index (κ3) is 47.3. The lowest BCUT2D eigenvalue weighted by molar-refractivity contribution is -0.167. The van der Waals surface area contributed by atoms with Crippen LogP contribution in [0.5, 0.6) is 0 Å². The molecule has 0 bridgehead atoms. The van der Waals surface area contributed by atoms with Crippen LogP contribution in [0.25, 0.3) is 0 Å². The molecule has 0 aliphatic carbocycles. The number of rotatable bonds is 48. The van der Waals surface area contributed by atoms with Gasteiger partial charge in [-0.2, -0.15) is 0 Å². The van der Waals surface area contributed by atoms with E-state index in [0.29, 0.717) is 19.3 Å². The van der Waals surface area contributed by atoms with E-state index in [1.165, 1.54) is 193 Å². The van der Waals surface area contributed by atoms with E-state index >= 15 is 0 Å². The normalized spacial score (nSPS) is 11.9. The van der Waals surface area contributed by atoms with Gasteiger partial charge in [-0.1, -0.05) is 259 Å². The highest BCUT2D eigenvalue weighted by Crippen LogP contribution is 2.17. The van der Waals surface area contributed by atoms with E-state index in [1.54, 1.807) is 0 Å². The van der Waals surface area contributed by atoms with Crippen molar-refractivity contribution in [2.24, 2.45) is 5.92 Å². The van der Waals surface area contributed by atoms with Gasteiger partial charge in [-0.25, -0.2) is 0 Å². The van der Waals surface area contributed by atoms with Crippen LogP contribution in [0.2, 0.25) is 0 Å². The Morgan fingerprint density at radius 2 is 0.559 bits per heavy atom. The lowest BCUT2D eigenvalue weighted by Crippen LogP contribution is -2.30. The molecule has 1 atom stereocenters. The van der Waals surface area contributed by atoms with Crippen molar-refractivity contribution in [1.82, 2.24) is 0 Å². The Bertz CT molecular complexity index is 887. The smallest absolute Gasteiger partial charge is 0.306 e.